The van der Waals surface area contributed by atoms with Crippen LogP contribution in [0.1, 0.15) is 70.0 Å². The predicted molar refractivity (Wildman–Crippen MR) is 88.1 cm³/mol. The molecule has 0 radical (unpaired) electrons. The Hall–Kier alpha value is -1.32. The van der Waals surface area contributed by atoms with Gasteiger partial charge < -0.3 is 10.2 Å². The molecule has 1 aromatic heterocycles. The van der Waals surface area contributed by atoms with Gasteiger partial charge in [0.15, 0.2) is 0 Å². The van der Waals surface area contributed by atoms with Crippen LogP contribution in [0.5, 0.6) is 0 Å². The van der Waals surface area contributed by atoms with Crippen molar-refractivity contribution >= 4 is 11.6 Å². The standard InChI is InChI=1S/C17H28N4/c1-3-18-15-12-16(20-17(19-15)13-10-11-13)21(2)14-8-6-4-5-7-9-14/h12-14H,3-11H2,1-2H3,(H,18,19,20). The average Bonchev–Trinajstić information content (AvgIpc) is 3.33. The van der Waals surface area contributed by atoms with E-state index in [2.05, 4.69) is 35.2 Å². The Bertz CT molecular complexity index is 462. The largest absolute Gasteiger partial charge is 0.370 e. The van der Waals surface area contributed by atoms with Crippen LogP contribution in [0.3, 0.4) is 0 Å². The van der Waals surface area contributed by atoms with E-state index in [9.17, 15) is 0 Å². The molecule has 3 rings (SSSR count). The summed E-state index contributed by atoms with van der Waals surface area (Å²) in [6.07, 6.45) is 10.6. The van der Waals surface area contributed by atoms with Gasteiger partial charge in [0.1, 0.15) is 17.5 Å². The highest BCUT2D eigenvalue weighted by atomic mass is 15.2. The van der Waals surface area contributed by atoms with Gasteiger partial charge in [0.25, 0.3) is 0 Å². The van der Waals surface area contributed by atoms with Crippen molar-refractivity contribution in [3.63, 3.8) is 0 Å². The van der Waals surface area contributed by atoms with E-state index in [-0.39, 0.29) is 0 Å². The van der Waals surface area contributed by atoms with Gasteiger partial charge >= 0.3 is 0 Å². The summed E-state index contributed by atoms with van der Waals surface area (Å²) >= 11 is 0. The van der Waals surface area contributed by atoms with Gasteiger partial charge in [0.2, 0.25) is 0 Å². The van der Waals surface area contributed by atoms with E-state index >= 15 is 0 Å². The molecular weight excluding hydrogens is 260 g/mol. The molecule has 2 saturated carbocycles. The second kappa shape index (κ2) is 6.63. The molecule has 0 saturated heterocycles. The Kier molecular flexibility index (Phi) is 4.61. The van der Waals surface area contributed by atoms with Crippen LogP contribution in [0.4, 0.5) is 11.6 Å². The summed E-state index contributed by atoms with van der Waals surface area (Å²) in [5, 5.41) is 3.36. The van der Waals surface area contributed by atoms with E-state index in [0.29, 0.717) is 12.0 Å². The van der Waals surface area contributed by atoms with Crippen LogP contribution in [0.2, 0.25) is 0 Å². The molecule has 0 aliphatic heterocycles. The molecule has 1 N–H and O–H groups in total. The number of hydrogen-bond donors (Lipinski definition) is 1. The average molecular weight is 288 g/mol. The highest BCUT2D eigenvalue weighted by Crippen LogP contribution is 2.39. The van der Waals surface area contributed by atoms with Crippen molar-refractivity contribution in [3.8, 4) is 0 Å². The number of hydrogen-bond acceptors (Lipinski definition) is 4. The first-order chi connectivity index (χ1) is 10.3. The third-order valence-electron chi connectivity index (χ3n) is 4.76. The Morgan fingerprint density at radius 2 is 1.81 bits per heavy atom. The van der Waals surface area contributed by atoms with Crippen LogP contribution < -0.4 is 10.2 Å². The first-order valence-corrected chi connectivity index (χ1v) is 8.63. The minimum absolute atomic E-state index is 0.602. The third kappa shape index (κ3) is 3.66. The molecule has 0 aromatic carbocycles. The van der Waals surface area contributed by atoms with Gasteiger partial charge in [-0.1, -0.05) is 25.7 Å². The number of anilines is 2. The minimum Gasteiger partial charge on any atom is -0.370 e. The van der Waals surface area contributed by atoms with Crippen molar-refractivity contribution in [2.75, 3.05) is 23.8 Å². The number of nitrogens with zero attached hydrogens (tertiary/aromatic N) is 3. The molecule has 0 unspecified atom stereocenters. The fourth-order valence-corrected chi connectivity index (χ4v) is 3.26. The topological polar surface area (TPSA) is 41.0 Å². The molecule has 0 bridgehead atoms. The normalized spacial score (nSPS) is 20.1. The van der Waals surface area contributed by atoms with Gasteiger partial charge in [-0.15, -0.1) is 0 Å². The van der Waals surface area contributed by atoms with Crippen LogP contribution in [-0.2, 0) is 0 Å². The molecule has 0 spiro atoms. The van der Waals surface area contributed by atoms with E-state index in [1.54, 1.807) is 0 Å². The number of nitrogens with one attached hydrogen (secondary N) is 1. The zero-order valence-corrected chi connectivity index (χ0v) is 13.4. The molecule has 2 aliphatic rings. The van der Waals surface area contributed by atoms with Gasteiger partial charge in [-0.3, -0.25) is 0 Å². The van der Waals surface area contributed by atoms with Crippen LogP contribution in [0.15, 0.2) is 6.07 Å². The van der Waals surface area contributed by atoms with Gasteiger partial charge in [-0.2, -0.15) is 0 Å². The zero-order valence-electron chi connectivity index (χ0n) is 13.4. The SMILES string of the molecule is CCNc1cc(N(C)C2CCCCCC2)nc(C2CC2)n1. The van der Waals surface area contributed by atoms with E-state index in [1.807, 2.05) is 0 Å². The quantitative estimate of drug-likeness (QED) is 0.833. The Balaban J connectivity index is 1.81. The summed E-state index contributed by atoms with van der Waals surface area (Å²) < 4.78 is 0. The number of rotatable bonds is 5. The molecule has 4 heteroatoms. The lowest BCUT2D eigenvalue weighted by Crippen LogP contribution is -2.32. The lowest BCUT2D eigenvalue weighted by Gasteiger charge is -2.28. The molecule has 4 nitrogen and oxygen atoms in total. The molecule has 21 heavy (non-hydrogen) atoms. The Morgan fingerprint density at radius 1 is 1.10 bits per heavy atom. The van der Waals surface area contributed by atoms with Gasteiger partial charge in [-0.05, 0) is 32.6 Å². The maximum atomic E-state index is 4.86. The summed E-state index contributed by atoms with van der Waals surface area (Å²) in [4.78, 5) is 11.9. The summed E-state index contributed by atoms with van der Waals surface area (Å²) in [6, 6.07) is 2.77. The van der Waals surface area contributed by atoms with Crippen LogP contribution in [0, 0.1) is 0 Å². The maximum absolute atomic E-state index is 4.86. The van der Waals surface area contributed by atoms with Gasteiger partial charge in [-0.25, -0.2) is 9.97 Å². The minimum atomic E-state index is 0.602. The lowest BCUT2D eigenvalue weighted by atomic mass is 10.1. The van der Waals surface area contributed by atoms with Crippen LogP contribution >= 0.6 is 0 Å². The fraction of sp³-hybridized carbons (Fsp3) is 0.765. The molecular formula is C17H28N4. The summed E-state index contributed by atoms with van der Waals surface area (Å²) in [5.74, 6) is 3.74. The first kappa shape index (κ1) is 14.6. The zero-order chi connectivity index (χ0) is 14.7. The van der Waals surface area contributed by atoms with E-state index in [1.165, 1.54) is 51.4 Å². The van der Waals surface area contributed by atoms with Crippen molar-refractivity contribution in [2.45, 2.75) is 70.3 Å². The number of aromatic nitrogens is 2. The van der Waals surface area contributed by atoms with Crippen molar-refractivity contribution < 1.29 is 0 Å². The highest BCUT2D eigenvalue weighted by Gasteiger charge is 2.28. The third-order valence-corrected chi connectivity index (χ3v) is 4.76. The Morgan fingerprint density at radius 3 is 2.43 bits per heavy atom. The summed E-state index contributed by atoms with van der Waals surface area (Å²) in [7, 11) is 2.21. The first-order valence-electron chi connectivity index (χ1n) is 8.63. The predicted octanol–water partition coefficient (Wildman–Crippen LogP) is 3.94. The molecule has 0 atom stereocenters. The van der Waals surface area contributed by atoms with E-state index in [0.717, 1.165) is 24.0 Å². The lowest BCUT2D eigenvalue weighted by molar-refractivity contribution is 0.548. The molecule has 1 aromatic rings. The van der Waals surface area contributed by atoms with E-state index in [4.69, 9.17) is 4.98 Å². The van der Waals surface area contributed by atoms with Crippen LogP contribution in [0.25, 0.3) is 0 Å². The van der Waals surface area contributed by atoms with E-state index < -0.39 is 0 Å². The maximum Gasteiger partial charge on any atom is 0.136 e. The summed E-state index contributed by atoms with van der Waals surface area (Å²) in [6.45, 7) is 3.03. The smallest absolute Gasteiger partial charge is 0.136 e. The highest BCUT2D eigenvalue weighted by molar-refractivity contribution is 5.50. The fourth-order valence-electron chi connectivity index (χ4n) is 3.26. The van der Waals surface area contributed by atoms with Gasteiger partial charge in [0, 0.05) is 31.6 Å². The Labute approximate surface area is 128 Å². The van der Waals surface area contributed by atoms with Gasteiger partial charge in [0.05, 0.1) is 0 Å². The van der Waals surface area contributed by atoms with Crippen molar-refractivity contribution in [3.05, 3.63) is 11.9 Å². The van der Waals surface area contributed by atoms with Crippen molar-refractivity contribution in [2.24, 2.45) is 0 Å². The molecule has 0 amide bonds. The van der Waals surface area contributed by atoms with Crippen molar-refractivity contribution in [1.29, 1.82) is 0 Å². The second-order valence-corrected chi connectivity index (χ2v) is 6.53. The molecule has 116 valence electrons. The van der Waals surface area contributed by atoms with Crippen molar-refractivity contribution in [1.82, 2.24) is 9.97 Å². The molecule has 2 aliphatic carbocycles. The second-order valence-electron chi connectivity index (χ2n) is 6.53. The molecule has 2 fully saturated rings. The van der Waals surface area contributed by atoms with Crippen LogP contribution in [-0.4, -0.2) is 29.6 Å². The summed E-state index contributed by atoms with van der Waals surface area (Å²) in [5.41, 5.74) is 0. The monoisotopic (exact) mass is 288 g/mol. The molecule has 1 heterocycles.